The van der Waals surface area contributed by atoms with Crippen LogP contribution in [-0.4, -0.2) is 15.4 Å². The molecule has 1 fully saturated rings. The van der Waals surface area contributed by atoms with E-state index in [1.54, 1.807) is 0 Å². The van der Waals surface area contributed by atoms with Crippen LogP contribution in [0.2, 0.25) is 0 Å². The van der Waals surface area contributed by atoms with Gasteiger partial charge in [0.1, 0.15) is 5.65 Å². The van der Waals surface area contributed by atoms with Crippen LogP contribution >= 0.6 is 15.9 Å². The maximum atomic E-state index is 4.37. The summed E-state index contributed by atoms with van der Waals surface area (Å²) in [5.41, 5.74) is 2.21. The summed E-state index contributed by atoms with van der Waals surface area (Å²) in [4.78, 5) is 4.37. The van der Waals surface area contributed by atoms with Gasteiger partial charge in [-0.15, -0.1) is 0 Å². The third kappa shape index (κ3) is 1.79. The first-order valence-corrected chi connectivity index (χ1v) is 5.98. The summed E-state index contributed by atoms with van der Waals surface area (Å²) < 4.78 is 3.19. The van der Waals surface area contributed by atoms with Gasteiger partial charge >= 0.3 is 0 Å². The number of aromatic nitrogens is 2. The summed E-state index contributed by atoms with van der Waals surface area (Å²) in [7, 11) is 0. The Morgan fingerprint density at radius 1 is 1.47 bits per heavy atom. The maximum absolute atomic E-state index is 4.37. The summed E-state index contributed by atoms with van der Waals surface area (Å²) in [5.74, 6) is 0. The van der Waals surface area contributed by atoms with Crippen molar-refractivity contribution >= 4 is 21.6 Å². The molecule has 1 aliphatic rings. The van der Waals surface area contributed by atoms with Crippen LogP contribution in [0.1, 0.15) is 18.5 Å². The molecule has 3 nitrogen and oxygen atoms in total. The SMILES string of the molecule is Brc1cccc2ncc(CNC3CC3)n12. The third-order valence-corrected chi connectivity index (χ3v) is 3.32. The molecule has 0 unspecified atom stereocenters. The number of rotatable bonds is 3. The zero-order valence-corrected chi connectivity index (χ0v) is 9.87. The van der Waals surface area contributed by atoms with Crippen LogP contribution in [0.4, 0.5) is 0 Å². The minimum atomic E-state index is 0.734. The van der Waals surface area contributed by atoms with Crippen molar-refractivity contribution in [2.45, 2.75) is 25.4 Å². The fourth-order valence-corrected chi connectivity index (χ4v) is 2.28. The number of imidazole rings is 1. The van der Waals surface area contributed by atoms with E-state index < -0.39 is 0 Å². The van der Waals surface area contributed by atoms with E-state index >= 15 is 0 Å². The fourth-order valence-electron chi connectivity index (χ4n) is 1.72. The van der Waals surface area contributed by atoms with Gasteiger partial charge in [0.25, 0.3) is 0 Å². The summed E-state index contributed by atoms with van der Waals surface area (Å²) in [6.45, 7) is 0.897. The average Bonchev–Trinajstić information content (AvgIpc) is 2.96. The summed E-state index contributed by atoms with van der Waals surface area (Å²) in [5, 5.41) is 3.50. The van der Waals surface area contributed by atoms with Crippen LogP contribution in [0.15, 0.2) is 29.0 Å². The van der Waals surface area contributed by atoms with Crippen LogP contribution in [0.25, 0.3) is 5.65 Å². The Morgan fingerprint density at radius 2 is 2.33 bits per heavy atom. The van der Waals surface area contributed by atoms with E-state index in [0.717, 1.165) is 22.8 Å². The highest BCUT2D eigenvalue weighted by atomic mass is 79.9. The first kappa shape index (κ1) is 9.36. The van der Waals surface area contributed by atoms with Gasteiger partial charge in [0.15, 0.2) is 0 Å². The zero-order valence-electron chi connectivity index (χ0n) is 8.28. The molecule has 4 heteroatoms. The molecule has 0 saturated heterocycles. The summed E-state index contributed by atoms with van der Waals surface area (Å²) in [6.07, 6.45) is 4.57. The first-order chi connectivity index (χ1) is 7.34. The molecule has 1 saturated carbocycles. The van der Waals surface area contributed by atoms with Gasteiger partial charge in [-0.3, -0.25) is 4.40 Å². The lowest BCUT2D eigenvalue weighted by Gasteiger charge is -2.04. The van der Waals surface area contributed by atoms with E-state index in [9.17, 15) is 0 Å². The van der Waals surface area contributed by atoms with E-state index in [1.165, 1.54) is 18.5 Å². The molecule has 3 rings (SSSR count). The number of halogens is 1. The predicted octanol–water partition coefficient (Wildman–Crippen LogP) is 2.35. The number of pyridine rings is 1. The number of hydrogen-bond acceptors (Lipinski definition) is 2. The van der Waals surface area contributed by atoms with Crippen LogP contribution in [-0.2, 0) is 6.54 Å². The van der Waals surface area contributed by atoms with Gasteiger partial charge in [-0.25, -0.2) is 4.98 Å². The number of nitrogens with zero attached hydrogens (tertiary/aromatic N) is 2. The van der Waals surface area contributed by atoms with E-state index in [-0.39, 0.29) is 0 Å². The van der Waals surface area contributed by atoms with E-state index in [1.807, 2.05) is 24.4 Å². The molecule has 2 aromatic rings. The molecule has 1 N–H and O–H groups in total. The Hall–Kier alpha value is -0.870. The zero-order chi connectivity index (χ0) is 10.3. The molecule has 0 aliphatic heterocycles. The second-order valence-electron chi connectivity index (χ2n) is 3.95. The molecule has 0 radical (unpaired) electrons. The highest BCUT2D eigenvalue weighted by Gasteiger charge is 2.20. The molecule has 0 amide bonds. The minimum absolute atomic E-state index is 0.734. The maximum Gasteiger partial charge on any atom is 0.137 e. The van der Waals surface area contributed by atoms with Crippen molar-refractivity contribution in [2.75, 3.05) is 0 Å². The lowest BCUT2D eigenvalue weighted by molar-refractivity contribution is 0.669. The van der Waals surface area contributed by atoms with E-state index in [2.05, 4.69) is 30.6 Å². The lowest BCUT2D eigenvalue weighted by atomic mass is 10.4. The highest BCUT2D eigenvalue weighted by Crippen LogP contribution is 2.20. The number of fused-ring (bicyclic) bond motifs is 1. The van der Waals surface area contributed by atoms with Crippen LogP contribution < -0.4 is 5.32 Å². The molecule has 2 aromatic heterocycles. The summed E-state index contributed by atoms with van der Waals surface area (Å²) >= 11 is 3.54. The monoisotopic (exact) mass is 265 g/mol. The van der Waals surface area contributed by atoms with E-state index in [0.29, 0.717) is 0 Å². The van der Waals surface area contributed by atoms with Crippen molar-refractivity contribution in [3.8, 4) is 0 Å². The molecule has 0 bridgehead atoms. The molecule has 0 atom stereocenters. The van der Waals surface area contributed by atoms with Gasteiger partial charge in [0.05, 0.1) is 16.5 Å². The molecular weight excluding hydrogens is 254 g/mol. The van der Waals surface area contributed by atoms with Crippen molar-refractivity contribution in [2.24, 2.45) is 0 Å². The van der Waals surface area contributed by atoms with Gasteiger partial charge in [-0.2, -0.15) is 0 Å². The van der Waals surface area contributed by atoms with E-state index in [4.69, 9.17) is 0 Å². The second-order valence-corrected chi connectivity index (χ2v) is 4.76. The second kappa shape index (κ2) is 3.61. The van der Waals surface area contributed by atoms with Gasteiger partial charge < -0.3 is 5.32 Å². The fraction of sp³-hybridized carbons (Fsp3) is 0.364. The van der Waals surface area contributed by atoms with Crippen molar-refractivity contribution < 1.29 is 0 Å². The smallest absolute Gasteiger partial charge is 0.137 e. The Balaban J connectivity index is 1.94. The topological polar surface area (TPSA) is 29.3 Å². The minimum Gasteiger partial charge on any atom is -0.308 e. The lowest BCUT2D eigenvalue weighted by Crippen LogP contribution is -2.16. The van der Waals surface area contributed by atoms with Gasteiger partial charge in [-0.05, 0) is 40.9 Å². The summed E-state index contributed by atoms with van der Waals surface area (Å²) in [6, 6.07) is 6.80. The highest BCUT2D eigenvalue weighted by molar-refractivity contribution is 9.10. The van der Waals surface area contributed by atoms with Crippen LogP contribution in [0, 0.1) is 0 Å². The predicted molar refractivity (Wildman–Crippen MR) is 62.8 cm³/mol. The molecule has 1 aliphatic carbocycles. The molecule has 0 spiro atoms. The Kier molecular flexibility index (Phi) is 2.25. The Morgan fingerprint density at radius 3 is 3.13 bits per heavy atom. The molecular formula is C11H12BrN3. The van der Waals surface area contributed by atoms with Crippen LogP contribution in [0.5, 0.6) is 0 Å². The first-order valence-electron chi connectivity index (χ1n) is 5.19. The molecule has 78 valence electrons. The van der Waals surface area contributed by atoms with Gasteiger partial charge in [0, 0.05) is 12.6 Å². The standard InChI is InChI=1S/C11H12BrN3/c12-10-2-1-3-11-14-7-9(15(10)11)6-13-8-4-5-8/h1-3,7-8,13H,4-6H2. The largest absolute Gasteiger partial charge is 0.308 e. The van der Waals surface area contributed by atoms with Gasteiger partial charge in [-0.1, -0.05) is 6.07 Å². The molecule has 15 heavy (non-hydrogen) atoms. The third-order valence-electron chi connectivity index (χ3n) is 2.70. The molecule has 2 heterocycles. The van der Waals surface area contributed by atoms with Gasteiger partial charge in [0.2, 0.25) is 0 Å². The van der Waals surface area contributed by atoms with Crippen molar-refractivity contribution in [1.82, 2.24) is 14.7 Å². The normalized spacial score (nSPS) is 16.1. The molecule has 0 aromatic carbocycles. The quantitative estimate of drug-likeness (QED) is 0.864. The Labute approximate surface area is 96.6 Å². The number of nitrogens with one attached hydrogen (secondary N) is 1. The van der Waals surface area contributed by atoms with Crippen molar-refractivity contribution in [3.63, 3.8) is 0 Å². The van der Waals surface area contributed by atoms with Crippen molar-refractivity contribution in [1.29, 1.82) is 0 Å². The van der Waals surface area contributed by atoms with Crippen LogP contribution in [0.3, 0.4) is 0 Å². The van der Waals surface area contributed by atoms with Crippen molar-refractivity contribution in [3.05, 3.63) is 34.7 Å². The average molecular weight is 266 g/mol. The Bertz CT molecular complexity index is 488. The number of hydrogen-bond donors (Lipinski definition) is 1.